The van der Waals surface area contributed by atoms with Gasteiger partial charge in [0.15, 0.2) is 16.1 Å². The van der Waals surface area contributed by atoms with E-state index in [2.05, 4.69) is 0 Å². The second-order valence-electron chi connectivity index (χ2n) is 5.14. The Morgan fingerprint density at radius 1 is 1.04 bits per heavy atom. The Kier molecular flexibility index (Phi) is 6.07. The van der Waals surface area contributed by atoms with E-state index in [1.807, 2.05) is 30.3 Å². The average Bonchev–Trinajstić information content (AvgIpc) is 2.60. The first kappa shape index (κ1) is 17.4. The number of ether oxygens (including phenoxy) is 1. The van der Waals surface area contributed by atoms with E-state index in [4.69, 9.17) is 4.74 Å². The maximum absolute atomic E-state index is 11.8. The lowest BCUT2D eigenvalue weighted by Crippen LogP contribution is -2.09. The molecule has 0 aromatic heterocycles. The standard InChI is InChI=1S/C18H20O4S/c1-2-23(20,21)17-10-8-16(9-11-17)18(14-19)22-13-12-15-6-4-3-5-7-15/h3-11,14,18H,2,12-13H2,1H3. The zero-order chi connectivity index (χ0) is 16.7. The minimum absolute atomic E-state index is 0.0526. The van der Waals surface area contributed by atoms with Crippen molar-refractivity contribution >= 4 is 16.1 Å². The highest BCUT2D eigenvalue weighted by Gasteiger charge is 2.14. The average molecular weight is 332 g/mol. The van der Waals surface area contributed by atoms with Gasteiger partial charge in [-0.3, -0.25) is 0 Å². The number of benzene rings is 2. The van der Waals surface area contributed by atoms with Crippen molar-refractivity contribution in [1.29, 1.82) is 0 Å². The Balaban J connectivity index is 1.99. The lowest BCUT2D eigenvalue weighted by Gasteiger charge is -2.13. The molecule has 0 saturated carbocycles. The van der Waals surface area contributed by atoms with Gasteiger partial charge in [-0.2, -0.15) is 0 Å². The summed E-state index contributed by atoms with van der Waals surface area (Å²) in [5.41, 5.74) is 1.80. The summed E-state index contributed by atoms with van der Waals surface area (Å²) in [6, 6.07) is 16.2. The van der Waals surface area contributed by atoms with E-state index < -0.39 is 15.9 Å². The van der Waals surface area contributed by atoms with E-state index in [1.54, 1.807) is 19.1 Å². The van der Waals surface area contributed by atoms with Crippen molar-refractivity contribution in [3.8, 4) is 0 Å². The smallest absolute Gasteiger partial charge is 0.178 e. The van der Waals surface area contributed by atoms with Gasteiger partial charge >= 0.3 is 0 Å². The third-order valence-corrected chi connectivity index (χ3v) is 5.35. The van der Waals surface area contributed by atoms with E-state index in [0.717, 1.165) is 11.8 Å². The van der Waals surface area contributed by atoms with Crippen molar-refractivity contribution in [3.63, 3.8) is 0 Å². The molecule has 2 aromatic rings. The number of sulfone groups is 1. The van der Waals surface area contributed by atoms with Gasteiger partial charge in [-0.15, -0.1) is 0 Å². The molecule has 0 heterocycles. The Bertz CT molecular complexity index is 721. The molecular formula is C18H20O4S. The molecule has 2 rings (SSSR count). The summed E-state index contributed by atoms with van der Waals surface area (Å²) in [5, 5.41) is 0. The zero-order valence-corrected chi connectivity index (χ0v) is 13.8. The fourth-order valence-corrected chi connectivity index (χ4v) is 3.08. The van der Waals surface area contributed by atoms with Crippen LogP contribution in [0.1, 0.15) is 24.2 Å². The minimum atomic E-state index is -3.23. The maximum Gasteiger partial charge on any atom is 0.178 e. The molecule has 0 saturated heterocycles. The summed E-state index contributed by atoms with van der Waals surface area (Å²) < 4.78 is 29.2. The number of hydrogen-bond donors (Lipinski definition) is 0. The predicted octanol–water partition coefficient (Wildman–Crippen LogP) is 2.98. The Morgan fingerprint density at radius 2 is 1.70 bits per heavy atom. The van der Waals surface area contributed by atoms with Crippen molar-refractivity contribution in [3.05, 3.63) is 65.7 Å². The topological polar surface area (TPSA) is 60.4 Å². The van der Waals surface area contributed by atoms with Crippen LogP contribution in [-0.4, -0.2) is 27.1 Å². The second-order valence-corrected chi connectivity index (χ2v) is 7.41. The molecule has 23 heavy (non-hydrogen) atoms. The first-order valence-electron chi connectivity index (χ1n) is 7.50. The van der Waals surface area contributed by atoms with Crippen LogP contribution in [0.2, 0.25) is 0 Å². The Hall–Kier alpha value is -1.98. The van der Waals surface area contributed by atoms with Crippen molar-refractivity contribution in [2.75, 3.05) is 12.4 Å². The quantitative estimate of drug-likeness (QED) is 0.697. The van der Waals surface area contributed by atoms with Crippen LogP contribution in [0, 0.1) is 0 Å². The molecule has 0 aliphatic carbocycles. The highest BCUT2D eigenvalue weighted by molar-refractivity contribution is 7.91. The summed E-state index contributed by atoms with van der Waals surface area (Å²) in [6.45, 7) is 2.02. The van der Waals surface area contributed by atoms with Gasteiger partial charge in [-0.25, -0.2) is 8.42 Å². The molecule has 0 amide bonds. The van der Waals surface area contributed by atoms with E-state index in [9.17, 15) is 13.2 Å². The molecule has 122 valence electrons. The lowest BCUT2D eigenvalue weighted by molar-refractivity contribution is -0.118. The molecule has 5 heteroatoms. The third kappa shape index (κ3) is 4.74. The molecule has 0 spiro atoms. The molecule has 0 aliphatic heterocycles. The van der Waals surface area contributed by atoms with Crippen LogP contribution in [-0.2, 0) is 25.8 Å². The van der Waals surface area contributed by atoms with Crippen molar-refractivity contribution in [2.45, 2.75) is 24.3 Å². The number of aldehydes is 1. The Morgan fingerprint density at radius 3 is 2.26 bits per heavy atom. The van der Waals surface area contributed by atoms with Crippen LogP contribution in [0.4, 0.5) is 0 Å². The summed E-state index contributed by atoms with van der Waals surface area (Å²) >= 11 is 0. The van der Waals surface area contributed by atoms with Gasteiger partial charge in [0.1, 0.15) is 6.10 Å². The van der Waals surface area contributed by atoms with Crippen LogP contribution in [0.15, 0.2) is 59.5 Å². The predicted molar refractivity (Wildman–Crippen MR) is 89.1 cm³/mol. The first-order valence-corrected chi connectivity index (χ1v) is 9.15. The van der Waals surface area contributed by atoms with Crippen molar-refractivity contribution < 1.29 is 17.9 Å². The molecule has 4 nitrogen and oxygen atoms in total. The molecule has 0 radical (unpaired) electrons. The molecule has 1 atom stereocenters. The van der Waals surface area contributed by atoms with Crippen LogP contribution in [0.25, 0.3) is 0 Å². The lowest BCUT2D eigenvalue weighted by atomic mass is 10.1. The molecule has 2 aromatic carbocycles. The Labute approximate surface area is 137 Å². The first-order chi connectivity index (χ1) is 11.1. The zero-order valence-electron chi connectivity index (χ0n) is 13.0. The summed E-state index contributed by atoms with van der Waals surface area (Å²) in [6.07, 6.45) is 0.763. The number of carbonyl (C=O) groups excluding carboxylic acids is 1. The fraction of sp³-hybridized carbons (Fsp3) is 0.278. The second kappa shape index (κ2) is 8.04. The van der Waals surface area contributed by atoms with Gasteiger partial charge in [0.2, 0.25) is 0 Å². The normalized spacial score (nSPS) is 12.7. The van der Waals surface area contributed by atoms with Crippen molar-refractivity contribution in [2.24, 2.45) is 0 Å². The van der Waals surface area contributed by atoms with Crippen LogP contribution >= 0.6 is 0 Å². The van der Waals surface area contributed by atoms with Crippen LogP contribution in [0.3, 0.4) is 0 Å². The molecule has 0 N–H and O–H groups in total. The minimum Gasteiger partial charge on any atom is -0.366 e. The molecule has 1 unspecified atom stereocenters. The van der Waals surface area contributed by atoms with Gasteiger partial charge in [0.05, 0.1) is 17.3 Å². The van der Waals surface area contributed by atoms with Gasteiger partial charge in [-0.05, 0) is 29.7 Å². The number of carbonyl (C=O) groups is 1. The van der Waals surface area contributed by atoms with E-state index in [-0.39, 0.29) is 10.6 Å². The van der Waals surface area contributed by atoms with E-state index >= 15 is 0 Å². The number of hydrogen-bond acceptors (Lipinski definition) is 4. The van der Waals surface area contributed by atoms with Crippen molar-refractivity contribution in [1.82, 2.24) is 0 Å². The largest absolute Gasteiger partial charge is 0.366 e. The van der Waals surface area contributed by atoms with Gasteiger partial charge in [-0.1, -0.05) is 49.4 Å². The summed E-state index contributed by atoms with van der Waals surface area (Å²) in [5.74, 6) is 0.0526. The van der Waals surface area contributed by atoms with Gasteiger partial charge < -0.3 is 9.53 Å². The summed E-state index contributed by atoms with van der Waals surface area (Å²) in [4.78, 5) is 11.5. The van der Waals surface area contributed by atoms with Gasteiger partial charge in [0.25, 0.3) is 0 Å². The fourth-order valence-electron chi connectivity index (χ4n) is 2.19. The van der Waals surface area contributed by atoms with E-state index in [0.29, 0.717) is 18.6 Å². The SMILES string of the molecule is CCS(=O)(=O)c1ccc(C(C=O)OCCc2ccccc2)cc1. The monoisotopic (exact) mass is 332 g/mol. The molecule has 0 bridgehead atoms. The summed E-state index contributed by atoms with van der Waals surface area (Å²) in [7, 11) is -3.23. The maximum atomic E-state index is 11.8. The van der Waals surface area contributed by atoms with E-state index in [1.165, 1.54) is 12.1 Å². The van der Waals surface area contributed by atoms with Gasteiger partial charge in [0, 0.05) is 0 Å². The van der Waals surface area contributed by atoms with Crippen LogP contribution in [0.5, 0.6) is 0 Å². The molecule has 0 aliphatic rings. The highest BCUT2D eigenvalue weighted by atomic mass is 32.2. The molecule has 0 fully saturated rings. The highest BCUT2D eigenvalue weighted by Crippen LogP contribution is 2.19. The van der Waals surface area contributed by atoms with Crippen LogP contribution < -0.4 is 0 Å². The third-order valence-electron chi connectivity index (χ3n) is 3.60. The molecular weight excluding hydrogens is 312 g/mol. The number of rotatable bonds is 8.